The zero-order valence-corrected chi connectivity index (χ0v) is 10.9. The van der Waals surface area contributed by atoms with Gasteiger partial charge in [0.1, 0.15) is 0 Å². The quantitative estimate of drug-likeness (QED) is 0.899. The van der Waals surface area contributed by atoms with Crippen molar-refractivity contribution in [3.05, 3.63) is 28.2 Å². The summed E-state index contributed by atoms with van der Waals surface area (Å²) in [6.45, 7) is 3.41. The Balaban J connectivity index is 2.92. The number of anilines is 1. The molecule has 1 aromatic carbocycles. The molecule has 5 nitrogen and oxygen atoms in total. The van der Waals surface area contributed by atoms with Crippen LogP contribution < -0.4 is 5.32 Å². The Labute approximate surface area is 107 Å². The number of hydrogen-bond donors (Lipinski definition) is 2. The molecule has 1 rings (SSSR count). The van der Waals surface area contributed by atoms with Crippen molar-refractivity contribution >= 4 is 33.7 Å². The van der Waals surface area contributed by atoms with Crippen LogP contribution in [0.5, 0.6) is 0 Å². The Kier molecular flexibility index (Phi) is 4.51. The number of carboxylic acid groups (broad SMARTS) is 1. The predicted octanol–water partition coefficient (Wildman–Crippen LogP) is 3.10. The van der Waals surface area contributed by atoms with Crippen molar-refractivity contribution < 1.29 is 19.4 Å². The van der Waals surface area contributed by atoms with E-state index in [2.05, 4.69) is 21.2 Å². The molecule has 1 aromatic rings. The number of carbonyl (C=O) groups is 2. The molecule has 0 radical (unpaired) electrons. The van der Waals surface area contributed by atoms with Gasteiger partial charge >= 0.3 is 12.1 Å². The number of nitrogens with one attached hydrogen (secondary N) is 1. The summed E-state index contributed by atoms with van der Waals surface area (Å²) >= 11 is 3.20. The summed E-state index contributed by atoms with van der Waals surface area (Å²) in [5, 5.41) is 11.3. The van der Waals surface area contributed by atoms with Gasteiger partial charge in [-0.15, -0.1) is 0 Å². The molecule has 0 aliphatic carbocycles. The van der Waals surface area contributed by atoms with Gasteiger partial charge in [-0.3, -0.25) is 5.32 Å². The summed E-state index contributed by atoms with van der Waals surface area (Å²) in [5.41, 5.74) is 0.200. The standard InChI is InChI=1S/C11H12BrNO4/c1-6(2)17-11(16)13-9-5-7(12)3-4-8(9)10(14)15/h3-6H,1-2H3,(H,13,16)(H,14,15). The van der Waals surface area contributed by atoms with Crippen LogP contribution in [0.15, 0.2) is 22.7 Å². The van der Waals surface area contributed by atoms with Crippen molar-refractivity contribution in [3.63, 3.8) is 0 Å². The molecular formula is C11H12BrNO4. The molecule has 0 bridgehead atoms. The first kappa shape index (κ1) is 13.5. The second-order valence-corrected chi connectivity index (χ2v) is 4.49. The fourth-order valence-electron chi connectivity index (χ4n) is 1.16. The molecule has 17 heavy (non-hydrogen) atoms. The number of ether oxygens (including phenoxy) is 1. The summed E-state index contributed by atoms with van der Waals surface area (Å²) in [4.78, 5) is 22.3. The second-order valence-electron chi connectivity index (χ2n) is 3.57. The minimum absolute atomic E-state index is 0.00825. The van der Waals surface area contributed by atoms with Gasteiger partial charge in [-0.05, 0) is 32.0 Å². The van der Waals surface area contributed by atoms with Crippen LogP contribution in [-0.4, -0.2) is 23.3 Å². The normalized spacial score (nSPS) is 10.1. The van der Waals surface area contributed by atoms with Gasteiger partial charge in [-0.25, -0.2) is 9.59 Å². The van der Waals surface area contributed by atoms with E-state index in [-0.39, 0.29) is 17.4 Å². The van der Waals surface area contributed by atoms with Crippen LogP contribution in [0.1, 0.15) is 24.2 Å². The zero-order chi connectivity index (χ0) is 13.0. The van der Waals surface area contributed by atoms with E-state index in [9.17, 15) is 9.59 Å². The maximum atomic E-state index is 11.4. The van der Waals surface area contributed by atoms with E-state index < -0.39 is 12.1 Å². The molecule has 0 aliphatic rings. The van der Waals surface area contributed by atoms with E-state index in [4.69, 9.17) is 9.84 Å². The Morgan fingerprint density at radius 1 is 1.41 bits per heavy atom. The molecule has 0 heterocycles. The van der Waals surface area contributed by atoms with E-state index in [0.29, 0.717) is 4.47 Å². The first-order valence-corrected chi connectivity index (χ1v) is 5.70. The summed E-state index contributed by atoms with van der Waals surface area (Å²) in [6.07, 6.45) is -0.948. The molecule has 92 valence electrons. The van der Waals surface area contributed by atoms with Gasteiger partial charge < -0.3 is 9.84 Å². The molecule has 1 amide bonds. The zero-order valence-electron chi connectivity index (χ0n) is 9.36. The molecule has 0 spiro atoms. The van der Waals surface area contributed by atoms with Crippen LogP contribution in [0.3, 0.4) is 0 Å². The van der Waals surface area contributed by atoms with E-state index >= 15 is 0 Å². The predicted molar refractivity (Wildman–Crippen MR) is 66.3 cm³/mol. The smallest absolute Gasteiger partial charge is 0.411 e. The average molecular weight is 302 g/mol. The lowest BCUT2D eigenvalue weighted by Gasteiger charge is -2.11. The summed E-state index contributed by atoms with van der Waals surface area (Å²) in [5.74, 6) is -1.11. The molecule has 0 fully saturated rings. The van der Waals surface area contributed by atoms with Gasteiger partial charge in [0.2, 0.25) is 0 Å². The van der Waals surface area contributed by atoms with E-state index in [1.807, 2.05) is 0 Å². The van der Waals surface area contributed by atoms with Crippen LogP contribution in [0, 0.1) is 0 Å². The van der Waals surface area contributed by atoms with Crippen molar-refractivity contribution in [1.82, 2.24) is 0 Å². The Bertz CT molecular complexity index is 445. The van der Waals surface area contributed by atoms with Crippen LogP contribution in [0.25, 0.3) is 0 Å². The Morgan fingerprint density at radius 2 is 2.06 bits per heavy atom. The molecule has 0 saturated carbocycles. The highest BCUT2D eigenvalue weighted by atomic mass is 79.9. The third-order valence-electron chi connectivity index (χ3n) is 1.79. The number of carbonyl (C=O) groups excluding carboxylic acids is 1. The number of halogens is 1. The summed E-state index contributed by atoms with van der Waals surface area (Å²) in [6, 6.07) is 4.49. The lowest BCUT2D eigenvalue weighted by molar-refractivity contribution is 0.0698. The summed E-state index contributed by atoms with van der Waals surface area (Å²) < 4.78 is 5.54. The molecule has 0 saturated heterocycles. The number of benzene rings is 1. The first-order chi connectivity index (χ1) is 7.90. The molecule has 6 heteroatoms. The molecule has 0 aromatic heterocycles. The van der Waals surface area contributed by atoms with Crippen molar-refractivity contribution in [2.45, 2.75) is 20.0 Å². The first-order valence-electron chi connectivity index (χ1n) is 4.90. The van der Waals surface area contributed by atoms with Crippen LogP contribution >= 0.6 is 15.9 Å². The number of carboxylic acids is 1. The maximum absolute atomic E-state index is 11.4. The lowest BCUT2D eigenvalue weighted by atomic mass is 10.2. The molecule has 0 atom stereocenters. The van der Waals surface area contributed by atoms with Crippen molar-refractivity contribution in [1.29, 1.82) is 0 Å². The number of amides is 1. The van der Waals surface area contributed by atoms with Gasteiger partial charge in [0.25, 0.3) is 0 Å². The highest BCUT2D eigenvalue weighted by Crippen LogP contribution is 2.21. The lowest BCUT2D eigenvalue weighted by Crippen LogP contribution is -2.19. The molecule has 2 N–H and O–H groups in total. The highest BCUT2D eigenvalue weighted by Gasteiger charge is 2.14. The van der Waals surface area contributed by atoms with Crippen molar-refractivity contribution in [2.75, 3.05) is 5.32 Å². The molecule has 0 aliphatic heterocycles. The monoisotopic (exact) mass is 301 g/mol. The van der Waals surface area contributed by atoms with Crippen LogP contribution in [-0.2, 0) is 4.74 Å². The van der Waals surface area contributed by atoms with Crippen LogP contribution in [0.2, 0.25) is 0 Å². The number of aromatic carboxylic acids is 1. The fraction of sp³-hybridized carbons (Fsp3) is 0.273. The fourth-order valence-corrected chi connectivity index (χ4v) is 1.52. The number of rotatable bonds is 3. The third-order valence-corrected chi connectivity index (χ3v) is 2.28. The van der Waals surface area contributed by atoms with Gasteiger partial charge in [0.15, 0.2) is 0 Å². The van der Waals surface area contributed by atoms with Gasteiger partial charge in [0, 0.05) is 4.47 Å². The van der Waals surface area contributed by atoms with E-state index in [1.54, 1.807) is 19.9 Å². The van der Waals surface area contributed by atoms with Crippen molar-refractivity contribution in [3.8, 4) is 0 Å². The topological polar surface area (TPSA) is 75.6 Å². The average Bonchev–Trinajstić information content (AvgIpc) is 2.15. The Hall–Kier alpha value is -1.56. The van der Waals surface area contributed by atoms with E-state index in [0.717, 1.165) is 0 Å². The van der Waals surface area contributed by atoms with Gasteiger partial charge in [0.05, 0.1) is 17.4 Å². The Morgan fingerprint density at radius 3 is 2.59 bits per heavy atom. The van der Waals surface area contributed by atoms with Crippen molar-refractivity contribution in [2.24, 2.45) is 0 Å². The molecular weight excluding hydrogens is 290 g/mol. The molecule has 0 unspecified atom stereocenters. The highest BCUT2D eigenvalue weighted by molar-refractivity contribution is 9.10. The second kappa shape index (κ2) is 5.67. The van der Waals surface area contributed by atoms with Gasteiger partial charge in [-0.1, -0.05) is 15.9 Å². The van der Waals surface area contributed by atoms with E-state index in [1.165, 1.54) is 12.1 Å². The number of hydrogen-bond acceptors (Lipinski definition) is 3. The minimum Gasteiger partial charge on any atom is -0.478 e. The third kappa shape index (κ3) is 4.07. The summed E-state index contributed by atoms with van der Waals surface area (Å²) in [7, 11) is 0. The SMILES string of the molecule is CC(C)OC(=O)Nc1cc(Br)ccc1C(=O)O. The van der Waals surface area contributed by atoms with Gasteiger partial charge in [-0.2, -0.15) is 0 Å². The minimum atomic E-state index is -1.11. The largest absolute Gasteiger partial charge is 0.478 e. The van der Waals surface area contributed by atoms with Crippen LogP contribution in [0.4, 0.5) is 10.5 Å². The maximum Gasteiger partial charge on any atom is 0.411 e.